The molecule has 0 aromatic carbocycles. The van der Waals surface area contributed by atoms with E-state index in [-0.39, 0.29) is 6.10 Å². The van der Waals surface area contributed by atoms with E-state index in [1.54, 1.807) is 12.3 Å². The summed E-state index contributed by atoms with van der Waals surface area (Å²) in [7, 11) is -0.538. The van der Waals surface area contributed by atoms with Crippen molar-refractivity contribution < 1.29 is 18.8 Å². The Morgan fingerprint density at radius 1 is 1.30 bits per heavy atom. The summed E-state index contributed by atoms with van der Waals surface area (Å²) in [6.07, 6.45) is 2.41. The van der Waals surface area contributed by atoms with E-state index in [9.17, 15) is 5.26 Å². The van der Waals surface area contributed by atoms with Crippen LogP contribution in [0.5, 0.6) is 5.88 Å². The molecule has 0 bridgehead atoms. The quantitative estimate of drug-likeness (QED) is 0.785. The minimum atomic E-state index is -0.538. The summed E-state index contributed by atoms with van der Waals surface area (Å²) in [5.74, 6) is 0.336. The first-order valence-corrected chi connectivity index (χ1v) is 7.82. The summed E-state index contributed by atoms with van der Waals surface area (Å²) in [5.41, 5.74) is 0.237. The Morgan fingerprint density at radius 2 is 2.00 bits per heavy atom. The third kappa shape index (κ3) is 3.07. The van der Waals surface area contributed by atoms with Gasteiger partial charge in [-0.15, -0.1) is 0 Å². The van der Waals surface area contributed by atoms with E-state index in [0.717, 1.165) is 11.9 Å². The van der Waals surface area contributed by atoms with Crippen molar-refractivity contribution in [2.24, 2.45) is 0 Å². The molecule has 23 heavy (non-hydrogen) atoms. The molecule has 0 N–H and O–H groups in total. The average molecular weight is 316 g/mol. The molecule has 2 fully saturated rings. The van der Waals surface area contributed by atoms with Gasteiger partial charge >= 0.3 is 7.12 Å². The Morgan fingerprint density at radius 3 is 2.57 bits per heavy atom. The smallest absolute Gasteiger partial charge is 0.471 e. The van der Waals surface area contributed by atoms with E-state index in [2.05, 4.69) is 11.1 Å². The van der Waals surface area contributed by atoms with E-state index in [4.69, 9.17) is 18.8 Å². The van der Waals surface area contributed by atoms with Crippen molar-refractivity contribution in [1.29, 1.82) is 5.26 Å². The monoisotopic (exact) mass is 316 g/mol. The molecule has 2 saturated heterocycles. The van der Waals surface area contributed by atoms with Gasteiger partial charge in [0.15, 0.2) is 0 Å². The van der Waals surface area contributed by atoms with Gasteiger partial charge in [-0.05, 0) is 33.8 Å². The molecule has 0 spiro atoms. The zero-order valence-electron chi connectivity index (χ0n) is 14.0. The molecule has 0 amide bonds. The summed E-state index contributed by atoms with van der Waals surface area (Å²) in [6.45, 7) is 9.17. The molecule has 3 heterocycles. The summed E-state index contributed by atoms with van der Waals surface area (Å²) >= 11 is 0. The summed E-state index contributed by atoms with van der Waals surface area (Å²) in [4.78, 5) is 4.29. The molecule has 1 aromatic heterocycles. The molecular formula is C16H21BN2O4. The van der Waals surface area contributed by atoms with Crippen LogP contribution in [-0.2, 0) is 14.0 Å². The van der Waals surface area contributed by atoms with E-state index < -0.39 is 18.3 Å². The first-order valence-electron chi connectivity index (χ1n) is 7.82. The van der Waals surface area contributed by atoms with Crippen molar-refractivity contribution in [3.05, 3.63) is 17.8 Å². The highest BCUT2D eigenvalue weighted by molar-refractivity contribution is 6.62. The fourth-order valence-corrected chi connectivity index (χ4v) is 2.51. The number of hydrogen-bond acceptors (Lipinski definition) is 6. The maximum Gasteiger partial charge on any atom is 0.496 e. The van der Waals surface area contributed by atoms with Gasteiger partial charge in [0.25, 0.3) is 0 Å². The lowest BCUT2D eigenvalue weighted by Crippen LogP contribution is -2.41. The molecule has 6 nitrogen and oxygen atoms in total. The topological polar surface area (TPSA) is 73.6 Å². The van der Waals surface area contributed by atoms with Gasteiger partial charge in [0.1, 0.15) is 17.7 Å². The van der Waals surface area contributed by atoms with Gasteiger partial charge in [-0.2, -0.15) is 5.26 Å². The third-order valence-corrected chi connectivity index (χ3v) is 4.68. The van der Waals surface area contributed by atoms with Crippen LogP contribution in [-0.4, -0.2) is 42.6 Å². The Bertz CT molecular complexity index is 619. The number of nitriles is 1. The number of aromatic nitrogens is 1. The number of pyridine rings is 1. The lowest BCUT2D eigenvalue weighted by Gasteiger charge is -2.32. The zero-order chi connectivity index (χ0) is 16.7. The average Bonchev–Trinajstić information content (AvgIpc) is 3.06. The molecule has 7 heteroatoms. The maximum absolute atomic E-state index is 9.38. The highest BCUT2D eigenvalue weighted by Gasteiger charge is 2.52. The zero-order valence-corrected chi connectivity index (χ0v) is 14.0. The van der Waals surface area contributed by atoms with Crippen LogP contribution in [0.15, 0.2) is 12.3 Å². The van der Waals surface area contributed by atoms with Crippen molar-refractivity contribution in [3.8, 4) is 11.9 Å². The molecule has 3 rings (SSSR count). The molecule has 0 aliphatic carbocycles. The van der Waals surface area contributed by atoms with Crippen molar-refractivity contribution >= 4 is 12.6 Å². The Hall–Kier alpha value is -1.62. The van der Waals surface area contributed by atoms with Gasteiger partial charge in [-0.25, -0.2) is 4.98 Å². The van der Waals surface area contributed by atoms with E-state index in [0.29, 0.717) is 24.7 Å². The molecule has 0 saturated carbocycles. The minimum absolute atomic E-state index is 0.0442. The predicted octanol–water partition coefficient (Wildman–Crippen LogP) is 1.42. The van der Waals surface area contributed by atoms with Crippen LogP contribution in [0.25, 0.3) is 0 Å². The number of nitrogens with zero attached hydrogens (tertiary/aromatic N) is 2. The van der Waals surface area contributed by atoms with E-state index >= 15 is 0 Å². The highest BCUT2D eigenvalue weighted by atomic mass is 16.7. The Balaban J connectivity index is 1.81. The van der Waals surface area contributed by atoms with Crippen LogP contribution in [0.3, 0.4) is 0 Å². The summed E-state index contributed by atoms with van der Waals surface area (Å²) < 4.78 is 23.0. The number of hydrogen-bond donors (Lipinski definition) is 0. The van der Waals surface area contributed by atoms with Crippen LogP contribution < -0.4 is 10.2 Å². The van der Waals surface area contributed by atoms with Crippen LogP contribution in [0.2, 0.25) is 0 Å². The van der Waals surface area contributed by atoms with Crippen molar-refractivity contribution in [2.75, 3.05) is 13.2 Å². The highest BCUT2D eigenvalue weighted by Crippen LogP contribution is 2.36. The molecule has 1 aromatic rings. The fraction of sp³-hybridized carbons (Fsp3) is 0.625. The van der Waals surface area contributed by atoms with Crippen molar-refractivity contribution in [1.82, 2.24) is 4.98 Å². The maximum atomic E-state index is 9.38. The second-order valence-corrected chi connectivity index (χ2v) is 6.92. The number of ether oxygens (including phenoxy) is 2. The van der Waals surface area contributed by atoms with Crippen molar-refractivity contribution in [2.45, 2.75) is 51.4 Å². The van der Waals surface area contributed by atoms with Crippen molar-refractivity contribution in [3.63, 3.8) is 0 Å². The van der Waals surface area contributed by atoms with Crippen LogP contribution in [0, 0.1) is 11.3 Å². The first-order chi connectivity index (χ1) is 10.8. The van der Waals surface area contributed by atoms with E-state index in [1.165, 1.54) is 0 Å². The third-order valence-electron chi connectivity index (χ3n) is 4.68. The molecule has 122 valence electrons. The fourth-order valence-electron chi connectivity index (χ4n) is 2.51. The summed E-state index contributed by atoms with van der Waals surface area (Å²) in [6, 6.07) is 3.86. The summed E-state index contributed by atoms with van der Waals surface area (Å²) in [5, 5.41) is 9.38. The number of rotatable bonds is 3. The second kappa shape index (κ2) is 5.79. The molecule has 2 aliphatic rings. The van der Waals surface area contributed by atoms with Gasteiger partial charge < -0.3 is 18.8 Å². The van der Waals surface area contributed by atoms with Gasteiger partial charge in [0.2, 0.25) is 5.88 Å². The standard InChI is InChI=1S/C16H21BN2O4/c1-15(2)16(3,4)23-17(22-15)12-7-11(8-18)14(19-9-12)21-13-5-6-20-10-13/h7,9,13H,5-6,10H2,1-4H3/t13-/m1/s1. The van der Waals surface area contributed by atoms with Gasteiger partial charge in [0, 0.05) is 18.1 Å². The second-order valence-electron chi connectivity index (χ2n) is 6.92. The molecule has 0 unspecified atom stereocenters. The van der Waals surface area contributed by atoms with Crippen LogP contribution in [0.1, 0.15) is 39.7 Å². The largest absolute Gasteiger partial charge is 0.496 e. The SMILES string of the molecule is CC1(C)OB(c2cnc(O[C@@H]3CCOC3)c(C#N)c2)OC1(C)C. The van der Waals surface area contributed by atoms with Gasteiger partial charge in [-0.3, -0.25) is 0 Å². The molecule has 1 atom stereocenters. The molecular weight excluding hydrogens is 295 g/mol. The normalized spacial score (nSPS) is 25.3. The Labute approximate surface area is 136 Å². The molecule has 0 radical (unpaired) electrons. The lowest BCUT2D eigenvalue weighted by molar-refractivity contribution is 0.00578. The minimum Gasteiger partial charge on any atom is -0.471 e. The lowest BCUT2D eigenvalue weighted by atomic mass is 9.80. The Kier molecular flexibility index (Phi) is 4.09. The van der Waals surface area contributed by atoms with Crippen LogP contribution >= 0.6 is 0 Å². The predicted molar refractivity (Wildman–Crippen MR) is 84.5 cm³/mol. The first kappa shape index (κ1) is 16.3. The van der Waals surface area contributed by atoms with E-state index in [1.807, 2.05) is 27.7 Å². The van der Waals surface area contributed by atoms with Crippen LogP contribution in [0.4, 0.5) is 0 Å². The van der Waals surface area contributed by atoms with Gasteiger partial charge in [0.05, 0.1) is 24.4 Å². The molecule has 2 aliphatic heterocycles. The van der Waals surface area contributed by atoms with Gasteiger partial charge in [-0.1, -0.05) is 0 Å².